The van der Waals surface area contributed by atoms with Crippen LogP contribution < -0.4 is 0 Å². The van der Waals surface area contributed by atoms with E-state index in [0.717, 1.165) is 12.0 Å². The van der Waals surface area contributed by atoms with E-state index in [2.05, 4.69) is 11.8 Å². The second-order valence-electron chi connectivity index (χ2n) is 2.96. The summed E-state index contributed by atoms with van der Waals surface area (Å²) in [5, 5.41) is 2.32. The molecule has 11 heavy (non-hydrogen) atoms. The van der Waals surface area contributed by atoms with Gasteiger partial charge in [0, 0.05) is 11.6 Å². The fourth-order valence-electron chi connectivity index (χ4n) is 1.00. The lowest BCUT2D eigenvalue weighted by atomic mass is 10.00. The number of nitroso groups, excluding NO2 is 1. The van der Waals surface area contributed by atoms with Gasteiger partial charge in [-0.05, 0) is 19.3 Å². The third-order valence-electron chi connectivity index (χ3n) is 1.32. The number of amides is 1. The molecule has 0 aliphatic rings. The summed E-state index contributed by atoms with van der Waals surface area (Å²) >= 11 is 0. The van der Waals surface area contributed by atoms with Crippen molar-refractivity contribution in [3.05, 3.63) is 17.1 Å². The van der Waals surface area contributed by atoms with Crippen LogP contribution in [0.5, 0.6) is 0 Å². The van der Waals surface area contributed by atoms with Gasteiger partial charge in [-0.1, -0.05) is 12.5 Å². The molecule has 0 bridgehead atoms. The highest BCUT2D eigenvalue weighted by Crippen LogP contribution is 2.13. The normalized spacial score (nSPS) is 12.2. The molecule has 0 radical (unpaired) electrons. The van der Waals surface area contributed by atoms with Gasteiger partial charge in [-0.2, -0.15) is 0 Å². The maximum absolute atomic E-state index is 10.5. The summed E-state index contributed by atoms with van der Waals surface area (Å²) in [7, 11) is 0. The van der Waals surface area contributed by atoms with Gasteiger partial charge in [0.15, 0.2) is 0 Å². The Bertz CT molecular complexity index is 175. The fourth-order valence-corrected chi connectivity index (χ4v) is 1.00. The summed E-state index contributed by atoms with van der Waals surface area (Å²) < 4.78 is 0. The molecule has 0 rings (SSSR count). The number of hydrogen-bond donors (Lipinski definition) is 0. The van der Waals surface area contributed by atoms with Crippen LogP contribution in [0.15, 0.2) is 17.3 Å². The van der Waals surface area contributed by atoms with Gasteiger partial charge in [0.05, 0.1) is 0 Å². The number of nitrogens with zero attached hydrogens (tertiary/aromatic N) is 1. The van der Waals surface area contributed by atoms with Crippen LogP contribution in [-0.2, 0) is 4.79 Å². The van der Waals surface area contributed by atoms with Crippen LogP contribution in [0.25, 0.3) is 0 Å². The summed E-state index contributed by atoms with van der Waals surface area (Å²) in [6.45, 7) is 7.51. The van der Waals surface area contributed by atoms with Crippen LogP contribution in [0.4, 0.5) is 0 Å². The zero-order chi connectivity index (χ0) is 8.85. The first-order valence-electron chi connectivity index (χ1n) is 3.56. The van der Waals surface area contributed by atoms with Crippen LogP contribution in [-0.4, -0.2) is 5.91 Å². The molecule has 0 aromatic rings. The number of carbonyl (C=O) groups is 1. The van der Waals surface area contributed by atoms with E-state index in [9.17, 15) is 9.70 Å². The number of carbonyl (C=O) groups excluding carboxylic acids is 1. The molecule has 0 saturated heterocycles. The lowest BCUT2D eigenvalue weighted by molar-refractivity contribution is -0.118. The van der Waals surface area contributed by atoms with E-state index in [0.29, 0.717) is 0 Å². The van der Waals surface area contributed by atoms with E-state index in [1.165, 1.54) is 0 Å². The highest BCUT2D eigenvalue weighted by molar-refractivity contribution is 5.76. The van der Waals surface area contributed by atoms with E-state index in [4.69, 9.17) is 0 Å². The summed E-state index contributed by atoms with van der Waals surface area (Å²) in [5.74, 6) is -0.392. The summed E-state index contributed by atoms with van der Waals surface area (Å²) in [6, 6.07) is 0. The Labute approximate surface area is 66.5 Å². The Morgan fingerprint density at radius 3 is 2.45 bits per heavy atom. The lowest BCUT2D eigenvalue weighted by Crippen LogP contribution is -2.02. The number of allylic oxidation sites excluding steroid dienone is 1. The molecule has 1 amide bonds. The molecule has 0 spiro atoms. The van der Waals surface area contributed by atoms with E-state index in [1.54, 1.807) is 0 Å². The molecule has 62 valence electrons. The SMILES string of the molecule is C=C(C)CC(C)CC(=O)N=O. The van der Waals surface area contributed by atoms with Crippen LogP contribution >= 0.6 is 0 Å². The molecule has 1 unspecified atom stereocenters. The second-order valence-corrected chi connectivity index (χ2v) is 2.96. The maximum Gasteiger partial charge on any atom is 0.286 e. The predicted molar refractivity (Wildman–Crippen MR) is 44.0 cm³/mol. The van der Waals surface area contributed by atoms with Gasteiger partial charge in [-0.25, -0.2) is 0 Å². The highest BCUT2D eigenvalue weighted by atomic mass is 16.3. The van der Waals surface area contributed by atoms with E-state index in [-0.39, 0.29) is 12.3 Å². The molecule has 0 aliphatic heterocycles. The zero-order valence-electron chi connectivity index (χ0n) is 6.96. The van der Waals surface area contributed by atoms with Gasteiger partial charge in [0.1, 0.15) is 0 Å². The summed E-state index contributed by atoms with van der Waals surface area (Å²) in [6.07, 6.45) is 1.01. The van der Waals surface area contributed by atoms with Crippen molar-refractivity contribution in [1.82, 2.24) is 0 Å². The Morgan fingerprint density at radius 2 is 2.09 bits per heavy atom. The largest absolute Gasteiger partial charge is 0.286 e. The summed E-state index contributed by atoms with van der Waals surface area (Å²) in [4.78, 5) is 20.2. The maximum atomic E-state index is 10.5. The van der Waals surface area contributed by atoms with Crippen molar-refractivity contribution >= 4 is 5.91 Å². The van der Waals surface area contributed by atoms with E-state index >= 15 is 0 Å². The third kappa shape index (κ3) is 5.45. The smallest absolute Gasteiger partial charge is 0.269 e. The van der Waals surface area contributed by atoms with Crippen molar-refractivity contribution in [3.63, 3.8) is 0 Å². The molecule has 3 heteroatoms. The second kappa shape index (κ2) is 4.77. The first-order valence-corrected chi connectivity index (χ1v) is 3.56. The Morgan fingerprint density at radius 1 is 1.55 bits per heavy atom. The molecule has 3 nitrogen and oxygen atoms in total. The molecule has 0 aromatic heterocycles. The van der Waals surface area contributed by atoms with Crippen molar-refractivity contribution in [2.45, 2.75) is 26.7 Å². The Kier molecular flexibility index (Phi) is 4.34. The molecule has 0 N–H and O–H groups in total. The Balaban J connectivity index is 3.68. The minimum absolute atomic E-state index is 0.178. The van der Waals surface area contributed by atoms with Crippen LogP contribution in [0.2, 0.25) is 0 Å². The van der Waals surface area contributed by atoms with Crippen molar-refractivity contribution in [2.24, 2.45) is 11.1 Å². The van der Waals surface area contributed by atoms with E-state index in [1.807, 2.05) is 13.8 Å². The highest BCUT2D eigenvalue weighted by Gasteiger charge is 2.08. The predicted octanol–water partition coefficient (Wildman–Crippen LogP) is 2.27. The lowest BCUT2D eigenvalue weighted by Gasteiger charge is -2.06. The first kappa shape index (κ1) is 10.0. The van der Waals surface area contributed by atoms with Crippen LogP contribution in [0.1, 0.15) is 26.7 Å². The van der Waals surface area contributed by atoms with Crippen molar-refractivity contribution in [3.8, 4) is 0 Å². The zero-order valence-corrected chi connectivity index (χ0v) is 6.96. The number of rotatable bonds is 4. The van der Waals surface area contributed by atoms with Crippen LogP contribution in [0, 0.1) is 10.8 Å². The fraction of sp³-hybridized carbons (Fsp3) is 0.625. The standard InChI is InChI=1S/C8H13NO2/c1-6(2)4-7(3)5-8(10)9-11/h7H,1,4-5H2,2-3H3. The molecular formula is C8H13NO2. The molecule has 1 atom stereocenters. The average molecular weight is 155 g/mol. The monoisotopic (exact) mass is 155 g/mol. The van der Waals surface area contributed by atoms with Crippen molar-refractivity contribution < 1.29 is 4.79 Å². The molecule has 0 heterocycles. The topological polar surface area (TPSA) is 46.5 Å². The molecule has 0 saturated carbocycles. The number of hydrogen-bond acceptors (Lipinski definition) is 2. The molecular weight excluding hydrogens is 142 g/mol. The molecule has 0 aromatic carbocycles. The summed E-state index contributed by atoms with van der Waals surface area (Å²) in [5.41, 5.74) is 1.02. The van der Waals surface area contributed by atoms with Gasteiger partial charge < -0.3 is 0 Å². The average Bonchev–Trinajstić information content (AvgIpc) is 1.85. The first-order chi connectivity index (χ1) is 5.06. The van der Waals surface area contributed by atoms with Gasteiger partial charge in [0.2, 0.25) is 0 Å². The molecule has 0 fully saturated rings. The Hall–Kier alpha value is -0.990. The third-order valence-corrected chi connectivity index (χ3v) is 1.32. The van der Waals surface area contributed by atoms with Crippen molar-refractivity contribution in [2.75, 3.05) is 0 Å². The van der Waals surface area contributed by atoms with Gasteiger partial charge >= 0.3 is 0 Å². The quantitative estimate of drug-likeness (QED) is 0.461. The van der Waals surface area contributed by atoms with Gasteiger partial charge in [-0.3, -0.25) is 4.79 Å². The molecule has 0 aliphatic carbocycles. The van der Waals surface area contributed by atoms with Gasteiger partial charge in [-0.15, -0.1) is 11.5 Å². The van der Waals surface area contributed by atoms with Crippen molar-refractivity contribution in [1.29, 1.82) is 0 Å². The van der Waals surface area contributed by atoms with E-state index < -0.39 is 5.91 Å². The van der Waals surface area contributed by atoms with Gasteiger partial charge in [0.25, 0.3) is 5.91 Å². The minimum atomic E-state index is -0.571. The minimum Gasteiger partial charge on any atom is -0.269 e. The van der Waals surface area contributed by atoms with Crippen LogP contribution in [0.3, 0.4) is 0 Å².